The standard InChI is InChI=1S/C18H16N2O5S/c1-25-14-8-3-2-7-13(14)19-15-16(21)20(18(24)26-15)10-11-5-4-6-12(9-11)17(22)23/h2-9,15,19H,10H2,1H3,(H,22,23)/t15-/m1/s1. The van der Waals surface area contributed by atoms with Gasteiger partial charge in [0.05, 0.1) is 24.9 Å². The summed E-state index contributed by atoms with van der Waals surface area (Å²) in [6.07, 6.45) is 0. The number of imide groups is 1. The van der Waals surface area contributed by atoms with Crippen LogP contribution in [-0.4, -0.2) is 39.6 Å². The zero-order valence-corrected chi connectivity index (χ0v) is 14.7. The summed E-state index contributed by atoms with van der Waals surface area (Å²) in [7, 11) is 1.52. The molecule has 7 nitrogen and oxygen atoms in total. The molecular formula is C18H16N2O5S. The van der Waals surface area contributed by atoms with E-state index in [1.807, 2.05) is 0 Å². The topological polar surface area (TPSA) is 95.9 Å². The largest absolute Gasteiger partial charge is 0.495 e. The Bertz CT molecular complexity index is 870. The zero-order valence-electron chi connectivity index (χ0n) is 13.8. The van der Waals surface area contributed by atoms with Crippen molar-refractivity contribution < 1.29 is 24.2 Å². The second kappa shape index (κ2) is 7.49. The number of carbonyl (C=O) groups is 3. The third kappa shape index (κ3) is 3.65. The lowest BCUT2D eigenvalue weighted by atomic mass is 10.1. The normalized spacial score (nSPS) is 16.7. The van der Waals surface area contributed by atoms with Crippen LogP contribution in [0.15, 0.2) is 48.5 Å². The van der Waals surface area contributed by atoms with Crippen molar-refractivity contribution >= 4 is 34.6 Å². The molecule has 1 fully saturated rings. The Kier molecular flexibility index (Phi) is 5.13. The number of hydrogen-bond acceptors (Lipinski definition) is 6. The minimum atomic E-state index is -1.06. The summed E-state index contributed by atoms with van der Waals surface area (Å²) >= 11 is 0.880. The fraction of sp³-hybridized carbons (Fsp3) is 0.167. The van der Waals surface area contributed by atoms with Gasteiger partial charge in [-0.05, 0) is 41.6 Å². The zero-order chi connectivity index (χ0) is 18.7. The van der Waals surface area contributed by atoms with Gasteiger partial charge in [0.15, 0.2) is 5.37 Å². The quantitative estimate of drug-likeness (QED) is 0.804. The highest BCUT2D eigenvalue weighted by molar-refractivity contribution is 8.15. The number of anilines is 1. The predicted octanol–water partition coefficient (Wildman–Crippen LogP) is 3.03. The van der Waals surface area contributed by atoms with Gasteiger partial charge in [-0.15, -0.1) is 0 Å². The number of carboxylic acid groups (broad SMARTS) is 1. The number of hydrogen-bond donors (Lipinski definition) is 2. The van der Waals surface area contributed by atoms with E-state index in [1.54, 1.807) is 36.4 Å². The number of para-hydroxylation sites is 2. The lowest BCUT2D eigenvalue weighted by Crippen LogP contribution is -2.34. The van der Waals surface area contributed by atoms with Crippen molar-refractivity contribution in [3.8, 4) is 5.75 Å². The van der Waals surface area contributed by atoms with Crippen LogP contribution in [0.2, 0.25) is 0 Å². The van der Waals surface area contributed by atoms with Crippen LogP contribution in [0.3, 0.4) is 0 Å². The minimum Gasteiger partial charge on any atom is -0.495 e. The SMILES string of the molecule is COc1ccccc1N[C@@H]1SC(=O)N(Cc2cccc(C(=O)O)c2)C1=O. The molecule has 26 heavy (non-hydrogen) atoms. The van der Waals surface area contributed by atoms with E-state index in [0.717, 1.165) is 16.7 Å². The molecule has 1 atom stereocenters. The molecule has 1 aliphatic rings. The number of carbonyl (C=O) groups excluding carboxylic acids is 2. The molecule has 2 aromatic rings. The lowest BCUT2D eigenvalue weighted by molar-refractivity contribution is -0.126. The van der Waals surface area contributed by atoms with Crippen LogP contribution < -0.4 is 10.1 Å². The van der Waals surface area contributed by atoms with Gasteiger partial charge in [-0.1, -0.05) is 24.3 Å². The van der Waals surface area contributed by atoms with E-state index in [9.17, 15) is 14.4 Å². The van der Waals surface area contributed by atoms with Crippen molar-refractivity contribution in [3.05, 3.63) is 59.7 Å². The first kappa shape index (κ1) is 17.8. The summed E-state index contributed by atoms with van der Waals surface area (Å²) in [6, 6.07) is 13.3. The maximum absolute atomic E-state index is 12.6. The number of nitrogens with zero attached hydrogens (tertiary/aromatic N) is 1. The highest BCUT2D eigenvalue weighted by Gasteiger charge is 2.40. The van der Waals surface area contributed by atoms with Crippen LogP contribution in [0.1, 0.15) is 15.9 Å². The maximum atomic E-state index is 12.6. The van der Waals surface area contributed by atoms with Crippen molar-refractivity contribution in [2.75, 3.05) is 12.4 Å². The first-order chi connectivity index (χ1) is 12.5. The fourth-order valence-corrected chi connectivity index (χ4v) is 3.47. The van der Waals surface area contributed by atoms with E-state index in [1.165, 1.54) is 19.2 Å². The molecule has 1 heterocycles. The molecule has 0 spiro atoms. The average Bonchev–Trinajstić information content (AvgIpc) is 2.90. The minimum absolute atomic E-state index is 0.0237. The van der Waals surface area contributed by atoms with Gasteiger partial charge in [0, 0.05) is 0 Å². The van der Waals surface area contributed by atoms with Crippen LogP contribution in [0.25, 0.3) is 0 Å². The Morgan fingerprint density at radius 1 is 1.23 bits per heavy atom. The third-order valence-electron chi connectivity index (χ3n) is 3.84. The number of nitrogens with one attached hydrogen (secondary N) is 1. The van der Waals surface area contributed by atoms with Crippen molar-refractivity contribution in [1.82, 2.24) is 4.90 Å². The molecule has 2 aromatic carbocycles. The highest BCUT2D eigenvalue weighted by atomic mass is 32.2. The van der Waals surface area contributed by atoms with Crippen LogP contribution in [0.5, 0.6) is 5.75 Å². The molecule has 1 aliphatic heterocycles. The second-order valence-electron chi connectivity index (χ2n) is 5.54. The maximum Gasteiger partial charge on any atom is 0.335 e. The molecule has 8 heteroatoms. The summed E-state index contributed by atoms with van der Waals surface area (Å²) in [5.74, 6) is -0.872. The molecule has 0 aromatic heterocycles. The molecule has 1 saturated heterocycles. The molecular weight excluding hydrogens is 356 g/mol. The predicted molar refractivity (Wildman–Crippen MR) is 97.3 cm³/mol. The van der Waals surface area contributed by atoms with E-state index >= 15 is 0 Å². The number of carboxylic acids is 1. The first-order valence-corrected chi connectivity index (χ1v) is 8.61. The average molecular weight is 372 g/mol. The number of benzene rings is 2. The Balaban J connectivity index is 1.75. The Hall–Kier alpha value is -3.00. The molecule has 0 bridgehead atoms. The molecule has 0 aliphatic carbocycles. The Labute approximate surface area is 153 Å². The van der Waals surface area contributed by atoms with Gasteiger partial charge >= 0.3 is 5.97 Å². The summed E-state index contributed by atoms with van der Waals surface area (Å²) in [5, 5.41) is 10.9. The number of thioether (sulfide) groups is 1. The molecule has 0 unspecified atom stereocenters. The van der Waals surface area contributed by atoms with Gasteiger partial charge in [-0.25, -0.2) is 4.79 Å². The van der Waals surface area contributed by atoms with E-state index in [-0.39, 0.29) is 23.3 Å². The molecule has 0 saturated carbocycles. The van der Waals surface area contributed by atoms with Crippen molar-refractivity contribution in [2.24, 2.45) is 0 Å². The number of aromatic carboxylic acids is 1. The lowest BCUT2D eigenvalue weighted by Gasteiger charge is -2.16. The fourth-order valence-electron chi connectivity index (χ4n) is 2.57. The van der Waals surface area contributed by atoms with Gasteiger partial charge in [0.1, 0.15) is 5.75 Å². The van der Waals surface area contributed by atoms with Crippen LogP contribution >= 0.6 is 11.8 Å². The van der Waals surface area contributed by atoms with Gasteiger partial charge in [0.25, 0.3) is 11.1 Å². The van der Waals surface area contributed by atoms with E-state index in [4.69, 9.17) is 9.84 Å². The summed E-state index contributed by atoms with van der Waals surface area (Å²) in [5.41, 5.74) is 1.30. The number of rotatable bonds is 6. The van der Waals surface area contributed by atoms with Crippen LogP contribution in [-0.2, 0) is 11.3 Å². The van der Waals surface area contributed by atoms with Crippen molar-refractivity contribution in [3.63, 3.8) is 0 Å². The van der Waals surface area contributed by atoms with Gasteiger partial charge in [0.2, 0.25) is 0 Å². The molecule has 2 amide bonds. The second-order valence-corrected chi connectivity index (χ2v) is 6.59. The highest BCUT2D eigenvalue weighted by Crippen LogP contribution is 2.32. The summed E-state index contributed by atoms with van der Waals surface area (Å²) < 4.78 is 5.24. The van der Waals surface area contributed by atoms with Crippen molar-refractivity contribution in [2.45, 2.75) is 11.9 Å². The number of ether oxygens (including phenoxy) is 1. The van der Waals surface area contributed by atoms with E-state index in [0.29, 0.717) is 17.0 Å². The van der Waals surface area contributed by atoms with E-state index < -0.39 is 11.3 Å². The van der Waals surface area contributed by atoms with Gasteiger partial charge in [-0.2, -0.15) is 0 Å². The van der Waals surface area contributed by atoms with E-state index in [2.05, 4.69) is 5.32 Å². The van der Waals surface area contributed by atoms with Crippen molar-refractivity contribution in [1.29, 1.82) is 0 Å². The molecule has 134 valence electrons. The summed E-state index contributed by atoms with van der Waals surface area (Å²) in [6.45, 7) is 0.0237. The monoisotopic (exact) mass is 372 g/mol. The van der Waals surface area contributed by atoms with Gasteiger partial charge < -0.3 is 15.2 Å². The first-order valence-electron chi connectivity index (χ1n) is 7.73. The molecule has 0 radical (unpaired) electrons. The molecule has 2 N–H and O–H groups in total. The van der Waals surface area contributed by atoms with Crippen LogP contribution in [0, 0.1) is 0 Å². The smallest absolute Gasteiger partial charge is 0.335 e. The third-order valence-corrected chi connectivity index (χ3v) is 4.81. The Morgan fingerprint density at radius 3 is 2.73 bits per heavy atom. The number of methoxy groups -OCH3 is 1. The van der Waals surface area contributed by atoms with Gasteiger partial charge in [-0.3, -0.25) is 14.5 Å². The Morgan fingerprint density at radius 2 is 2.00 bits per heavy atom. The number of amides is 2. The van der Waals surface area contributed by atoms with Crippen LogP contribution in [0.4, 0.5) is 10.5 Å². The summed E-state index contributed by atoms with van der Waals surface area (Å²) in [4.78, 5) is 37.0. The molecule has 3 rings (SSSR count).